The second kappa shape index (κ2) is 9.41. The van der Waals surface area contributed by atoms with Crippen molar-refractivity contribution < 1.29 is 9.90 Å². The molecule has 0 fully saturated rings. The predicted octanol–water partition coefficient (Wildman–Crippen LogP) is 3.11. The molecule has 0 unspecified atom stereocenters. The van der Waals surface area contributed by atoms with E-state index in [9.17, 15) is 9.59 Å². The maximum absolute atomic E-state index is 11.9. The van der Waals surface area contributed by atoms with Crippen LogP contribution in [-0.4, -0.2) is 45.2 Å². The molecule has 6 heteroatoms. The zero-order valence-electron chi connectivity index (χ0n) is 12.4. The first kappa shape index (κ1) is 18.4. The normalized spacial score (nSPS) is 10.5. The minimum Gasteiger partial charge on any atom is -0.481 e. The average molecular weight is 316 g/mol. The van der Waals surface area contributed by atoms with Crippen molar-refractivity contribution in [1.29, 1.82) is 0 Å². The third-order valence-corrected chi connectivity index (χ3v) is 4.31. The van der Waals surface area contributed by atoms with Gasteiger partial charge in [0.1, 0.15) is 0 Å². The van der Waals surface area contributed by atoms with Gasteiger partial charge in [0.15, 0.2) is 0 Å². The third kappa shape index (κ3) is 5.58. The van der Waals surface area contributed by atoms with E-state index in [2.05, 4.69) is 0 Å². The number of para-hydroxylation sites is 1. The average Bonchev–Trinajstić information content (AvgIpc) is 2.73. The van der Waals surface area contributed by atoms with Gasteiger partial charge in [-0.15, -0.1) is 0 Å². The zero-order valence-corrected chi connectivity index (χ0v) is 15.2. The Morgan fingerprint density at radius 2 is 1.76 bits per heavy atom. The second-order valence-electron chi connectivity index (χ2n) is 4.90. The Morgan fingerprint density at radius 1 is 1.10 bits per heavy atom. The largest absolute Gasteiger partial charge is 0.481 e. The minimum absolute atomic E-state index is 0. The van der Waals surface area contributed by atoms with E-state index in [1.54, 1.807) is 0 Å². The molecule has 1 radical (unpaired) electrons. The number of carboxylic acid groups (broad SMARTS) is 1. The van der Waals surface area contributed by atoms with Gasteiger partial charge < -0.3 is 5.11 Å². The summed E-state index contributed by atoms with van der Waals surface area (Å²) in [6.07, 6.45) is 4.99. The van der Waals surface area contributed by atoms with Crippen LogP contribution >= 0.6 is 11.3 Å². The van der Waals surface area contributed by atoms with Crippen LogP contribution in [0.1, 0.15) is 38.5 Å². The molecule has 0 saturated carbocycles. The minimum atomic E-state index is -0.721. The quantitative estimate of drug-likeness (QED) is 0.601. The molecule has 0 aliphatic heterocycles. The molecule has 0 atom stereocenters. The van der Waals surface area contributed by atoms with Crippen molar-refractivity contribution in [2.75, 3.05) is 0 Å². The van der Waals surface area contributed by atoms with Gasteiger partial charge in [0.2, 0.25) is 0 Å². The van der Waals surface area contributed by atoms with Crippen LogP contribution in [0.5, 0.6) is 0 Å². The third-order valence-electron chi connectivity index (χ3n) is 3.35. The van der Waals surface area contributed by atoms with E-state index < -0.39 is 5.97 Å². The van der Waals surface area contributed by atoms with Crippen molar-refractivity contribution in [3.63, 3.8) is 0 Å². The maximum atomic E-state index is 11.9. The number of aliphatic carboxylic acids is 1. The zero-order chi connectivity index (χ0) is 14.4. The fourth-order valence-corrected chi connectivity index (χ4v) is 3.22. The van der Waals surface area contributed by atoms with Crippen LogP contribution in [0, 0.1) is 0 Å². The summed E-state index contributed by atoms with van der Waals surface area (Å²) in [5.74, 6) is -0.721. The first-order valence-electron chi connectivity index (χ1n) is 6.98. The summed E-state index contributed by atoms with van der Waals surface area (Å²) in [5.41, 5.74) is 1.02. The molecular formula is C15H19NNaO3S. The summed E-state index contributed by atoms with van der Waals surface area (Å²) in [4.78, 5) is 22.4. The Bertz CT molecular complexity index is 635. The number of hydrogen-bond donors (Lipinski definition) is 1. The van der Waals surface area contributed by atoms with Crippen LogP contribution in [0.25, 0.3) is 10.2 Å². The number of benzene rings is 1. The van der Waals surface area contributed by atoms with Crippen molar-refractivity contribution in [1.82, 2.24) is 4.57 Å². The standard InChI is InChI=1S/C15H19NO3S.Na/c17-14(18)10-4-2-1-3-7-11-16-12-8-5-6-9-13(12)20-15(16)19;/h5-6,8-9H,1-4,7,10-11H2,(H,17,18);. The number of hydrogen-bond acceptors (Lipinski definition) is 3. The van der Waals surface area contributed by atoms with E-state index in [0.717, 1.165) is 48.9 Å². The summed E-state index contributed by atoms with van der Waals surface area (Å²) in [7, 11) is 0. The van der Waals surface area contributed by atoms with Gasteiger partial charge in [0.05, 0.1) is 10.2 Å². The Labute approximate surface area is 150 Å². The summed E-state index contributed by atoms with van der Waals surface area (Å²) in [5, 5.41) is 8.54. The number of carboxylic acids is 1. The Hall–Kier alpha value is -0.620. The van der Waals surface area contributed by atoms with Crippen LogP contribution in [-0.2, 0) is 11.3 Å². The number of unbranched alkanes of at least 4 members (excludes halogenated alkanes) is 4. The van der Waals surface area contributed by atoms with Gasteiger partial charge in [-0.3, -0.25) is 14.2 Å². The molecule has 0 bridgehead atoms. The van der Waals surface area contributed by atoms with Crippen LogP contribution < -0.4 is 4.87 Å². The number of thiazole rings is 1. The van der Waals surface area contributed by atoms with Gasteiger partial charge >= 0.3 is 10.8 Å². The molecule has 2 rings (SSSR count). The summed E-state index contributed by atoms with van der Waals surface area (Å²) in [6.45, 7) is 0.752. The Morgan fingerprint density at radius 3 is 2.52 bits per heavy atom. The van der Waals surface area contributed by atoms with E-state index in [1.165, 1.54) is 11.3 Å². The molecular weight excluding hydrogens is 297 g/mol. The first-order valence-corrected chi connectivity index (χ1v) is 7.80. The van der Waals surface area contributed by atoms with Gasteiger partial charge in [0, 0.05) is 42.5 Å². The van der Waals surface area contributed by atoms with E-state index in [4.69, 9.17) is 5.11 Å². The van der Waals surface area contributed by atoms with Crippen molar-refractivity contribution in [3.8, 4) is 0 Å². The van der Waals surface area contributed by atoms with Crippen molar-refractivity contribution >= 4 is 57.1 Å². The summed E-state index contributed by atoms with van der Waals surface area (Å²) < 4.78 is 2.89. The van der Waals surface area contributed by atoms with Gasteiger partial charge in [-0.25, -0.2) is 0 Å². The molecule has 4 nitrogen and oxygen atoms in total. The summed E-state index contributed by atoms with van der Waals surface area (Å²) in [6, 6.07) is 7.87. The van der Waals surface area contributed by atoms with Gasteiger partial charge in [-0.2, -0.15) is 0 Å². The van der Waals surface area contributed by atoms with Crippen molar-refractivity contribution in [3.05, 3.63) is 33.9 Å². The molecule has 0 amide bonds. The smallest absolute Gasteiger partial charge is 0.308 e. The molecule has 2 aromatic rings. The van der Waals surface area contributed by atoms with Crippen LogP contribution in [0.3, 0.4) is 0 Å². The van der Waals surface area contributed by atoms with Crippen molar-refractivity contribution in [2.45, 2.75) is 45.1 Å². The molecule has 1 N–H and O–H groups in total. The monoisotopic (exact) mass is 316 g/mol. The Balaban J connectivity index is 0.00000220. The molecule has 0 aliphatic carbocycles. The molecule has 109 valence electrons. The Kier molecular flexibility index (Phi) is 8.26. The van der Waals surface area contributed by atoms with Crippen LogP contribution in [0.2, 0.25) is 0 Å². The molecule has 0 aliphatic rings. The number of aromatic nitrogens is 1. The number of rotatable bonds is 8. The molecule has 21 heavy (non-hydrogen) atoms. The van der Waals surface area contributed by atoms with E-state index in [0.29, 0.717) is 0 Å². The van der Waals surface area contributed by atoms with Crippen LogP contribution in [0.15, 0.2) is 29.1 Å². The predicted molar refractivity (Wildman–Crippen MR) is 87.2 cm³/mol. The molecule has 0 saturated heterocycles. The number of nitrogens with zero attached hydrogens (tertiary/aromatic N) is 1. The SMILES string of the molecule is O=C(O)CCCCCCCn1c(=O)sc2ccccc21.[Na]. The number of fused-ring (bicyclic) bond motifs is 1. The molecule has 1 aromatic carbocycles. The fourth-order valence-electron chi connectivity index (χ4n) is 2.30. The van der Waals surface area contributed by atoms with Gasteiger partial charge in [-0.1, -0.05) is 42.7 Å². The second-order valence-corrected chi connectivity index (χ2v) is 5.89. The van der Waals surface area contributed by atoms with E-state index >= 15 is 0 Å². The van der Waals surface area contributed by atoms with Crippen molar-refractivity contribution in [2.24, 2.45) is 0 Å². The maximum Gasteiger partial charge on any atom is 0.308 e. The first-order chi connectivity index (χ1) is 9.68. The van der Waals surface area contributed by atoms with Crippen LogP contribution in [0.4, 0.5) is 0 Å². The topological polar surface area (TPSA) is 59.3 Å². The number of aryl methyl sites for hydroxylation is 1. The van der Waals surface area contributed by atoms with E-state index in [1.807, 2.05) is 28.8 Å². The number of carbonyl (C=O) groups is 1. The fraction of sp³-hybridized carbons (Fsp3) is 0.467. The van der Waals surface area contributed by atoms with Gasteiger partial charge in [-0.05, 0) is 25.0 Å². The van der Waals surface area contributed by atoms with Gasteiger partial charge in [0.25, 0.3) is 0 Å². The molecule has 0 spiro atoms. The summed E-state index contributed by atoms with van der Waals surface area (Å²) >= 11 is 1.30. The molecule has 1 aromatic heterocycles. The molecule has 1 heterocycles. The van der Waals surface area contributed by atoms with E-state index in [-0.39, 0.29) is 40.9 Å².